The van der Waals surface area contributed by atoms with Crippen molar-refractivity contribution in [3.8, 4) is 6.01 Å². The second-order valence-electron chi connectivity index (χ2n) is 8.74. The van der Waals surface area contributed by atoms with Gasteiger partial charge in [-0.3, -0.25) is 9.47 Å². The summed E-state index contributed by atoms with van der Waals surface area (Å²) in [4.78, 5) is 28.8. The highest BCUT2D eigenvalue weighted by Crippen LogP contribution is 2.20. The summed E-state index contributed by atoms with van der Waals surface area (Å²) >= 11 is 0. The van der Waals surface area contributed by atoms with E-state index in [4.69, 9.17) is 10.5 Å². The molecule has 1 aliphatic heterocycles. The van der Waals surface area contributed by atoms with Gasteiger partial charge in [-0.25, -0.2) is 4.79 Å². The fourth-order valence-electron chi connectivity index (χ4n) is 4.17. The number of H-pyrrole nitrogens is 1. The van der Waals surface area contributed by atoms with Crippen molar-refractivity contribution in [2.75, 3.05) is 39.5 Å². The maximum atomic E-state index is 12.6. The number of rotatable bonds is 9. The van der Waals surface area contributed by atoms with Crippen LogP contribution in [0.15, 0.2) is 29.1 Å². The molecule has 1 unspecified atom stereocenters. The number of aromatic nitrogens is 4. The molecule has 0 bridgehead atoms. The van der Waals surface area contributed by atoms with Crippen molar-refractivity contribution in [1.82, 2.24) is 29.3 Å². The number of hydrogen-bond acceptors (Lipinski definition) is 7. The number of aromatic amines is 1. The highest BCUT2D eigenvalue weighted by atomic mass is 16.5. The topological polar surface area (TPSA) is 105 Å². The Morgan fingerprint density at radius 3 is 2.69 bits per heavy atom. The van der Waals surface area contributed by atoms with Gasteiger partial charge in [-0.2, -0.15) is 9.97 Å². The van der Waals surface area contributed by atoms with Gasteiger partial charge in [-0.1, -0.05) is 37.6 Å². The third-order valence-electron chi connectivity index (χ3n) is 6.14. The van der Waals surface area contributed by atoms with E-state index < -0.39 is 0 Å². The predicted octanol–water partition coefficient (Wildman–Crippen LogP) is 2.06. The normalized spacial score (nSPS) is 16.9. The molecule has 1 aromatic carbocycles. The fourth-order valence-corrected chi connectivity index (χ4v) is 4.17. The van der Waals surface area contributed by atoms with E-state index in [1.165, 1.54) is 12.0 Å². The van der Waals surface area contributed by atoms with Crippen LogP contribution >= 0.6 is 0 Å². The zero-order valence-electron chi connectivity index (χ0n) is 19.2. The van der Waals surface area contributed by atoms with Gasteiger partial charge in [0, 0.05) is 19.1 Å². The number of nitrogens with zero attached hydrogens (tertiary/aromatic N) is 5. The second kappa shape index (κ2) is 9.70. The number of likely N-dealkylation sites (N-methyl/N-ethyl adjacent to an activating group) is 2. The van der Waals surface area contributed by atoms with Crippen molar-refractivity contribution >= 4 is 17.0 Å². The third-order valence-corrected chi connectivity index (χ3v) is 6.14. The SMILES string of the molecule is CCCCOc1nc(N)c2[nH]c(=O)n(Cc3ccc(CN(C)C4CCN(C)C4)cc3)c2n1. The van der Waals surface area contributed by atoms with E-state index in [1.807, 2.05) is 0 Å². The summed E-state index contributed by atoms with van der Waals surface area (Å²) in [7, 11) is 4.36. The van der Waals surface area contributed by atoms with Gasteiger partial charge in [0.25, 0.3) is 0 Å². The van der Waals surface area contributed by atoms with Gasteiger partial charge >= 0.3 is 11.7 Å². The average Bonchev–Trinajstić information content (AvgIpc) is 3.34. The lowest BCUT2D eigenvalue weighted by molar-refractivity contribution is 0.234. The molecule has 9 heteroatoms. The maximum absolute atomic E-state index is 12.6. The highest BCUT2D eigenvalue weighted by molar-refractivity contribution is 5.81. The second-order valence-corrected chi connectivity index (χ2v) is 8.74. The lowest BCUT2D eigenvalue weighted by Gasteiger charge is -2.24. The summed E-state index contributed by atoms with van der Waals surface area (Å²) in [6.45, 7) is 6.19. The monoisotopic (exact) mass is 439 g/mol. The van der Waals surface area contributed by atoms with Crippen LogP contribution in [0.5, 0.6) is 6.01 Å². The number of ether oxygens (including phenoxy) is 1. The van der Waals surface area contributed by atoms with Crippen molar-refractivity contribution in [3.63, 3.8) is 0 Å². The molecule has 32 heavy (non-hydrogen) atoms. The van der Waals surface area contributed by atoms with Crippen LogP contribution in [0.1, 0.15) is 37.3 Å². The molecule has 0 saturated carbocycles. The Balaban J connectivity index is 1.49. The first-order valence-corrected chi connectivity index (χ1v) is 11.3. The summed E-state index contributed by atoms with van der Waals surface area (Å²) in [5, 5.41) is 0. The van der Waals surface area contributed by atoms with Gasteiger partial charge in [0.2, 0.25) is 0 Å². The number of anilines is 1. The van der Waals surface area contributed by atoms with Gasteiger partial charge in [-0.05, 0) is 44.6 Å². The quantitative estimate of drug-likeness (QED) is 0.492. The molecular weight excluding hydrogens is 406 g/mol. The number of benzene rings is 1. The molecule has 9 nitrogen and oxygen atoms in total. The van der Waals surface area contributed by atoms with Crippen LogP contribution in [0.2, 0.25) is 0 Å². The average molecular weight is 440 g/mol. The molecule has 0 amide bonds. The molecule has 1 fully saturated rings. The standard InChI is InChI=1S/C23H33N7O2/c1-4-5-12-32-22-26-20(24)19-21(27-22)30(23(31)25-19)14-17-8-6-16(7-9-17)13-29(3)18-10-11-28(2)15-18/h6-9,18H,4-5,10-15H2,1-3H3,(H,25,31)(H2,24,26,27). The molecule has 4 rings (SSSR count). The molecule has 1 saturated heterocycles. The van der Waals surface area contributed by atoms with E-state index >= 15 is 0 Å². The Hall–Kier alpha value is -2.91. The largest absolute Gasteiger partial charge is 0.463 e. The molecule has 0 aliphatic carbocycles. The summed E-state index contributed by atoms with van der Waals surface area (Å²) in [5.41, 5.74) is 8.96. The van der Waals surface area contributed by atoms with Gasteiger partial charge in [-0.15, -0.1) is 0 Å². The van der Waals surface area contributed by atoms with E-state index in [9.17, 15) is 4.79 Å². The molecule has 2 aromatic heterocycles. The minimum atomic E-state index is -0.263. The lowest BCUT2D eigenvalue weighted by Crippen LogP contribution is -2.33. The number of likely N-dealkylation sites (tertiary alicyclic amines) is 1. The zero-order valence-corrected chi connectivity index (χ0v) is 19.2. The van der Waals surface area contributed by atoms with Crippen LogP contribution in [-0.2, 0) is 13.1 Å². The van der Waals surface area contributed by atoms with Gasteiger partial charge in [0.05, 0.1) is 13.2 Å². The van der Waals surface area contributed by atoms with E-state index in [2.05, 4.69) is 70.0 Å². The van der Waals surface area contributed by atoms with E-state index in [-0.39, 0.29) is 17.5 Å². The number of imidazole rings is 1. The minimum Gasteiger partial charge on any atom is -0.463 e. The number of hydrogen-bond donors (Lipinski definition) is 2. The van der Waals surface area contributed by atoms with Gasteiger partial charge < -0.3 is 20.4 Å². The Bertz CT molecular complexity index is 1110. The summed E-state index contributed by atoms with van der Waals surface area (Å²) in [6, 6.07) is 9.20. The number of nitrogens with two attached hydrogens (primary N) is 1. The van der Waals surface area contributed by atoms with Crippen LogP contribution in [0.25, 0.3) is 11.2 Å². The van der Waals surface area contributed by atoms with Gasteiger partial charge in [0.1, 0.15) is 5.52 Å². The number of unbranched alkanes of at least 4 members (excludes halogenated alkanes) is 1. The van der Waals surface area contributed by atoms with E-state index in [0.717, 1.165) is 38.0 Å². The summed E-state index contributed by atoms with van der Waals surface area (Å²) < 4.78 is 7.19. The molecule has 3 aromatic rings. The van der Waals surface area contributed by atoms with Crippen LogP contribution in [0.3, 0.4) is 0 Å². The third kappa shape index (κ3) is 4.94. The molecule has 172 valence electrons. The Morgan fingerprint density at radius 2 is 2.00 bits per heavy atom. The summed E-state index contributed by atoms with van der Waals surface area (Å²) in [5.74, 6) is 0.216. The molecule has 0 radical (unpaired) electrons. The van der Waals surface area contributed by atoms with Crippen molar-refractivity contribution in [1.29, 1.82) is 0 Å². The lowest BCUT2D eigenvalue weighted by atomic mass is 10.1. The first-order valence-electron chi connectivity index (χ1n) is 11.3. The minimum absolute atomic E-state index is 0.201. The number of nitrogens with one attached hydrogen (secondary N) is 1. The highest BCUT2D eigenvalue weighted by Gasteiger charge is 2.23. The molecule has 3 N–H and O–H groups in total. The molecule has 1 atom stereocenters. The molecule has 1 aliphatic rings. The van der Waals surface area contributed by atoms with Crippen LogP contribution in [-0.4, -0.2) is 69.2 Å². The van der Waals surface area contributed by atoms with Crippen LogP contribution in [0.4, 0.5) is 5.82 Å². The smallest absolute Gasteiger partial charge is 0.328 e. The van der Waals surface area contributed by atoms with Crippen molar-refractivity contribution < 1.29 is 4.74 Å². The van der Waals surface area contributed by atoms with Crippen molar-refractivity contribution in [2.45, 2.75) is 45.3 Å². The first-order chi connectivity index (χ1) is 15.4. The van der Waals surface area contributed by atoms with E-state index in [0.29, 0.717) is 30.4 Å². The number of fused-ring (bicyclic) bond motifs is 1. The predicted molar refractivity (Wildman–Crippen MR) is 126 cm³/mol. The maximum Gasteiger partial charge on any atom is 0.328 e. The molecule has 0 spiro atoms. The van der Waals surface area contributed by atoms with Crippen LogP contribution < -0.4 is 16.2 Å². The summed E-state index contributed by atoms with van der Waals surface area (Å²) in [6.07, 6.45) is 3.13. The fraction of sp³-hybridized carbons (Fsp3) is 0.522. The van der Waals surface area contributed by atoms with Crippen molar-refractivity contribution in [2.24, 2.45) is 0 Å². The van der Waals surface area contributed by atoms with Crippen LogP contribution in [0, 0.1) is 0 Å². The Kier molecular flexibility index (Phi) is 6.76. The molecular formula is C23H33N7O2. The Morgan fingerprint density at radius 1 is 1.25 bits per heavy atom. The number of nitrogen functional groups attached to an aromatic ring is 1. The van der Waals surface area contributed by atoms with Crippen molar-refractivity contribution in [3.05, 3.63) is 45.9 Å². The zero-order chi connectivity index (χ0) is 22.7. The van der Waals surface area contributed by atoms with Gasteiger partial charge in [0.15, 0.2) is 11.5 Å². The first kappa shape index (κ1) is 22.3. The Labute approximate surface area is 188 Å². The van der Waals surface area contributed by atoms with E-state index in [1.54, 1.807) is 4.57 Å². The molecule has 3 heterocycles.